The molecular formula is C14H18N2O3. The summed E-state index contributed by atoms with van der Waals surface area (Å²) in [6, 6.07) is 6.97. The molecule has 5 nitrogen and oxygen atoms in total. The molecule has 2 N–H and O–H groups in total. The van der Waals surface area contributed by atoms with Crippen molar-refractivity contribution < 1.29 is 14.3 Å². The predicted octanol–water partition coefficient (Wildman–Crippen LogP) is 0.632. The van der Waals surface area contributed by atoms with Crippen molar-refractivity contribution in [3.05, 3.63) is 29.8 Å². The Labute approximate surface area is 112 Å². The summed E-state index contributed by atoms with van der Waals surface area (Å²) >= 11 is 0. The van der Waals surface area contributed by atoms with Crippen LogP contribution in [-0.4, -0.2) is 31.5 Å². The molecule has 1 heterocycles. The lowest BCUT2D eigenvalue weighted by Gasteiger charge is -2.22. The van der Waals surface area contributed by atoms with E-state index in [9.17, 15) is 9.59 Å². The van der Waals surface area contributed by atoms with Gasteiger partial charge in [0.15, 0.2) is 0 Å². The number of piperidine rings is 1. The first-order valence-electron chi connectivity index (χ1n) is 6.39. The molecule has 0 unspecified atom stereocenters. The smallest absolute Gasteiger partial charge is 0.242 e. The minimum absolute atomic E-state index is 0.0976. The summed E-state index contributed by atoms with van der Waals surface area (Å²) in [5.74, 6) is 0.428. The third-order valence-corrected chi connectivity index (χ3v) is 3.16. The Hall–Kier alpha value is -2.04. The zero-order valence-corrected chi connectivity index (χ0v) is 10.9. The van der Waals surface area contributed by atoms with Crippen molar-refractivity contribution in [2.75, 3.05) is 13.7 Å². The lowest BCUT2D eigenvalue weighted by atomic mass is 10.1. The van der Waals surface area contributed by atoms with Crippen molar-refractivity contribution in [3.8, 4) is 5.75 Å². The minimum atomic E-state index is -0.407. The van der Waals surface area contributed by atoms with Crippen LogP contribution in [0.3, 0.4) is 0 Å². The van der Waals surface area contributed by atoms with Crippen LogP contribution in [0.4, 0.5) is 0 Å². The molecule has 0 aliphatic carbocycles. The highest BCUT2D eigenvalue weighted by molar-refractivity contribution is 5.89. The highest BCUT2D eigenvalue weighted by Gasteiger charge is 2.23. The average Bonchev–Trinajstić information content (AvgIpc) is 2.42. The lowest BCUT2D eigenvalue weighted by molar-refractivity contribution is -0.129. The molecule has 2 amide bonds. The number of benzene rings is 1. The number of hydrogen-bond donors (Lipinski definition) is 2. The van der Waals surface area contributed by atoms with Crippen LogP contribution in [0.25, 0.3) is 0 Å². The number of carbonyl (C=O) groups is 2. The number of ether oxygens (including phenoxy) is 1. The van der Waals surface area contributed by atoms with E-state index in [-0.39, 0.29) is 18.2 Å². The zero-order chi connectivity index (χ0) is 13.7. The minimum Gasteiger partial charge on any atom is -0.496 e. The molecule has 102 valence electrons. The highest BCUT2D eigenvalue weighted by Crippen LogP contribution is 2.17. The van der Waals surface area contributed by atoms with Gasteiger partial charge in [-0.2, -0.15) is 0 Å². The second kappa shape index (κ2) is 6.22. The molecule has 5 heteroatoms. The first-order chi connectivity index (χ1) is 9.20. The van der Waals surface area contributed by atoms with Crippen LogP contribution < -0.4 is 15.4 Å². The summed E-state index contributed by atoms with van der Waals surface area (Å²) in [6.45, 7) is 0.692. The van der Waals surface area contributed by atoms with Gasteiger partial charge in [-0.1, -0.05) is 18.2 Å². The molecule has 0 bridgehead atoms. The van der Waals surface area contributed by atoms with E-state index in [1.807, 2.05) is 24.3 Å². The number of methoxy groups -OCH3 is 1. The molecule has 2 rings (SSSR count). The van der Waals surface area contributed by atoms with Gasteiger partial charge in [-0.15, -0.1) is 0 Å². The molecule has 1 fully saturated rings. The largest absolute Gasteiger partial charge is 0.496 e. The van der Waals surface area contributed by atoms with Gasteiger partial charge in [0, 0.05) is 12.1 Å². The maximum atomic E-state index is 11.9. The van der Waals surface area contributed by atoms with E-state index in [1.165, 1.54) is 0 Å². The summed E-state index contributed by atoms with van der Waals surface area (Å²) in [7, 11) is 1.57. The molecule has 0 radical (unpaired) electrons. The molecule has 0 spiro atoms. The molecule has 1 saturated heterocycles. The molecule has 0 saturated carbocycles. The molecule has 1 atom stereocenters. The van der Waals surface area contributed by atoms with E-state index in [2.05, 4.69) is 10.6 Å². The first kappa shape index (κ1) is 13.4. The predicted molar refractivity (Wildman–Crippen MR) is 70.9 cm³/mol. The average molecular weight is 262 g/mol. The van der Waals surface area contributed by atoms with Crippen molar-refractivity contribution >= 4 is 11.8 Å². The summed E-state index contributed by atoms with van der Waals surface area (Å²) in [4.78, 5) is 23.5. The Kier molecular flexibility index (Phi) is 4.39. The maximum absolute atomic E-state index is 11.9. The van der Waals surface area contributed by atoms with Crippen LogP contribution in [0, 0.1) is 0 Å². The number of rotatable bonds is 4. The molecule has 19 heavy (non-hydrogen) atoms. The second-order valence-electron chi connectivity index (χ2n) is 4.54. The fraction of sp³-hybridized carbons (Fsp3) is 0.429. The highest BCUT2D eigenvalue weighted by atomic mass is 16.5. The van der Waals surface area contributed by atoms with Crippen molar-refractivity contribution in [1.82, 2.24) is 10.6 Å². The number of amides is 2. The van der Waals surface area contributed by atoms with Gasteiger partial charge >= 0.3 is 0 Å². The lowest BCUT2D eigenvalue weighted by Crippen LogP contribution is -2.50. The van der Waals surface area contributed by atoms with Crippen molar-refractivity contribution in [2.24, 2.45) is 0 Å². The van der Waals surface area contributed by atoms with Crippen molar-refractivity contribution in [2.45, 2.75) is 25.3 Å². The summed E-state index contributed by atoms with van der Waals surface area (Å²) in [5, 5.41) is 5.51. The SMILES string of the molecule is COc1ccccc1CC(=O)N[C@@H]1CCCNC1=O. The van der Waals surface area contributed by atoms with E-state index >= 15 is 0 Å². The number of carbonyl (C=O) groups excluding carboxylic acids is 2. The van der Waals surface area contributed by atoms with E-state index in [1.54, 1.807) is 7.11 Å². The van der Waals surface area contributed by atoms with Gasteiger partial charge in [-0.05, 0) is 18.9 Å². The third-order valence-electron chi connectivity index (χ3n) is 3.16. The van der Waals surface area contributed by atoms with Crippen molar-refractivity contribution in [1.29, 1.82) is 0 Å². The molecule has 1 aromatic rings. The second-order valence-corrected chi connectivity index (χ2v) is 4.54. The molecule has 0 aromatic heterocycles. The van der Waals surface area contributed by atoms with Gasteiger partial charge in [-0.25, -0.2) is 0 Å². The molecular weight excluding hydrogens is 244 g/mol. The Morgan fingerprint density at radius 3 is 3.00 bits per heavy atom. The fourth-order valence-corrected chi connectivity index (χ4v) is 2.18. The standard InChI is InChI=1S/C14H18N2O3/c1-19-12-7-3-2-5-10(12)9-13(17)16-11-6-4-8-15-14(11)18/h2-3,5,7,11H,4,6,8-9H2,1H3,(H,15,18)(H,16,17)/t11-/m1/s1. The van der Waals surface area contributed by atoms with Gasteiger partial charge in [0.05, 0.1) is 13.5 Å². The Morgan fingerprint density at radius 2 is 2.26 bits per heavy atom. The Balaban J connectivity index is 1.95. The summed E-state index contributed by atoms with van der Waals surface area (Å²) in [6.07, 6.45) is 1.81. The Morgan fingerprint density at radius 1 is 1.47 bits per heavy atom. The van der Waals surface area contributed by atoms with Gasteiger partial charge in [-0.3, -0.25) is 9.59 Å². The van der Waals surface area contributed by atoms with Crippen LogP contribution in [0.15, 0.2) is 24.3 Å². The van der Waals surface area contributed by atoms with E-state index in [0.29, 0.717) is 18.7 Å². The number of para-hydroxylation sites is 1. The van der Waals surface area contributed by atoms with E-state index in [4.69, 9.17) is 4.74 Å². The fourth-order valence-electron chi connectivity index (χ4n) is 2.18. The van der Waals surface area contributed by atoms with Gasteiger partial charge < -0.3 is 15.4 Å². The number of nitrogens with one attached hydrogen (secondary N) is 2. The normalized spacial score (nSPS) is 18.6. The zero-order valence-electron chi connectivity index (χ0n) is 10.9. The van der Waals surface area contributed by atoms with E-state index < -0.39 is 6.04 Å². The third kappa shape index (κ3) is 3.47. The van der Waals surface area contributed by atoms with Gasteiger partial charge in [0.2, 0.25) is 11.8 Å². The van der Waals surface area contributed by atoms with Crippen LogP contribution in [0.1, 0.15) is 18.4 Å². The Bertz CT molecular complexity index is 474. The molecule has 1 aliphatic heterocycles. The van der Waals surface area contributed by atoms with Crippen molar-refractivity contribution in [3.63, 3.8) is 0 Å². The quantitative estimate of drug-likeness (QED) is 0.836. The van der Waals surface area contributed by atoms with E-state index in [0.717, 1.165) is 12.0 Å². The monoisotopic (exact) mass is 262 g/mol. The number of hydrogen-bond acceptors (Lipinski definition) is 3. The van der Waals surface area contributed by atoms with Crippen LogP contribution >= 0.6 is 0 Å². The summed E-state index contributed by atoms with van der Waals surface area (Å²) < 4.78 is 5.20. The summed E-state index contributed by atoms with van der Waals surface area (Å²) in [5.41, 5.74) is 0.818. The molecule has 1 aromatic carbocycles. The van der Waals surface area contributed by atoms with Crippen LogP contribution in [0.2, 0.25) is 0 Å². The van der Waals surface area contributed by atoms with Gasteiger partial charge in [0.25, 0.3) is 0 Å². The van der Waals surface area contributed by atoms with Gasteiger partial charge in [0.1, 0.15) is 11.8 Å². The molecule has 1 aliphatic rings. The topological polar surface area (TPSA) is 67.4 Å². The maximum Gasteiger partial charge on any atom is 0.242 e. The van der Waals surface area contributed by atoms with Crippen LogP contribution in [0.5, 0.6) is 5.75 Å². The first-order valence-corrected chi connectivity index (χ1v) is 6.39. The van der Waals surface area contributed by atoms with Crippen LogP contribution in [-0.2, 0) is 16.0 Å².